The first-order valence-electron chi connectivity index (χ1n) is 6.68. The SMILES string of the molecule is CC[N+](CC)(CC)CCO.C[N+](C)(C)CCO.[OH-].[OH-]. The number of hydrogen-bond donors (Lipinski definition) is 2. The van der Waals surface area contributed by atoms with Crippen molar-refractivity contribution in [1.82, 2.24) is 0 Å². The molecule has 6 nitrogen and oxygen atoms in total. The normalized spacial score (nSPS) is 10.7. The Morgan fingerprint density at radius 2 is 1.00 bits per heavy atom. The summed E-state index contributed by atoms with van der Waals surface area (Å²) in [6.45, 7) is 12.3. The van der Waals surface area contributed by atoms with Gasteiger partial charge in [0.05, 0.1) is 54.0 Å². The molecule has 0 amide bonds. The summed E-state index contributed by atoms with van der Waals surface area (Å²) in [4.78, 5) is 0. The second-order valence-electron chi connectivity index (χ2n) is 5.48. The van der Waals surface area contributed by atoms with Gasteiger partial charge in [-0.25, -0.2) is 0 Å². The summed E-state index contributed by atoms with van der Waals surface area (Å²) < 4.78 is 1.90. The second kappa shape index (κ2) is 14.2. The van der Waals surface area contributed by atoms with Crippen molar-refractivity contribution < 1.29 is 30.1 Å². The number of hydrogen-bond acceptors (Lipinski definition) is 4. The van der Waals surface area contributed by atoms with Crippen LogP contribution in [0.1, 0.15) is 20.8 Å². The lowest BCUT2D eigenvalue weighted by molar-refractivity contribution is -0.923. The molecule has 0 aliphatic rings. The number of rotatable bonds is 7. The predicted molar refractivity (Wildman–Crippen MR) is 77.7 cm³/mol. The summed E-state index contributed by atoms with van der Waals surface area (Å²) >= 11 is 0. The average Bonchev–Trinajstić information content (AvgIpc) is 2.25. The van der Waals surface area contributed by atoms with Gasteiger partial charge in [0.1, 0.15) is 13.1 Å². The Balaban J connectivity index is -0.000000112. The Morgan fingerprint density at radius 3 is 1.05 bits per heavy atom. The van der Waals surface area contributed by atoms with Crippen LogP contribution in [0.4, 0.5) is 0 Å². The van der Waals surface area contributed by atoms with E-state index in [0.29, 0.717) is 6.61 Å². The largest absolute Gasteiger partial charge is 0.870 e. The van der Waals surface area contributed by atoms with Crippen molar-refractivity contribution in [3.05, 3.63) is 0 Å². The van der Waals surface area contributed by atoms with Gasteiger partial charge < -0.3 is 30.1 Å². The molecule has 0 saturated carbocycles. The molecule has 0 heterocycles. The topological polar surface area (TPSA) is 100 Å². The zero-order chi connectivity index (χ0) is 13.9. The Labute approximate surface area is 119 Å². The fourth-order valence-electron chi connectivity index (χ4n) is 1.66. The van der Waals surface area contributed by atoms with Crippen LogP contribution in [0.3, 0.4) is 0 Å². The van der Waals surface area contributed by atoms with E-state index in [-0.39, 0.29) is 17.6 Å². The van der Waals surface area contributed by atoms with Crippen molar-refractivity contribution in [2.45, 2.75) is 20.8 Å². The van der Waals surface area contributed by atoms with E-state index < -0.39 is 0 Å². The van der Waals surface area contributed by atoms with E-state index in [1.54, 1.807) is 0 Å². The molecule has 0 bridgehead atoms. The van der Waals surface area contributed by atoms with E-state index in [9.17, 15) is 0 Å². The molecule has 0 spiro atoms. The highest BCUT2D eigenvalue weighted by atomic mass is 16.3. The fraction of sp³-hybridized carbons (Fsp3) is 1.00. The fourth-order valence-corrected chi connectivity index (χ4v) is 1.66. The molecular weight excluding hydrogens is 248 g/mol. The molecule has 0 rings (SSSR count). The van der Waals surface area contributed by atoms with Crippen LogP contribution in [-0.4, -0.2) is 97.2 Å². The lowest BCUT2D eigenvalue weighted by Crippen LogP contribution is -2.49. The molecule has 0 aliphatic carbocycles. The van der Waals surface area contributed by atoms with Crippen molar-refractivity contribution in [2.75, 3.05) is 67.1 Å². The molecule has 0 aromatic rings. The van der Waals surface area contributed by atoms with Crippen molar-refractivity contribution in [3.63, 3.8) is 0 Å². The highest BCUT2D eigenvalue weighted by Gasteiger charge is 2.18. The zero-order valence-electron chi connectivity index (χ0n) is 13.6. The van der Waals surface area contributed by atoms with Gasteiger partial charge in [-0.05, 0) is 20.8 Å². The zero-order valence-corrected chi connectivity index (χ0v) is 13.6. The second-order valence-corrected chi connectivity index (χ2v) is 5.48. The molecule has 0 radical (unpaired) electrons. The van der Waals surface area contributed by atoms with Crippen LogP contribution >= 0.6 is 0 Å². The van der Waals surface area contributed by atoms with Gasteiger partial charge in [0.25, 0.3) is 0 Å². The minimum Gasteiger partial charge on any atom is -0.870 e. The quantitative estimate of drug-likeness (QED) is 0.651. The van der Waals surface area contributed by atoms with Crippen LogP contribution in [0.25, 0.3) is 0 Å². The van der Waals surface area contributed by atoms with E-state index in [2.05, 4.69) is 41.9 Å². The third-order valence-corrected chi connectivity index (χ3v) is 3.36. The predicted octanol–water partition coefficient (Wildman–Crippen LogP) is 0.187. The van der Waals surface area contributed by atoms with Gasteiger partial charge in [0.15, 0.2) is 0 Å². The highest BCUT2D eigenvalue weighted by molar-refractivity contribution is 4.35. The summed E-state index contributed by atoms with van der Waals surface area (Å²) in [6.07, 6.45) is 0. The third kappa shape index (κ3) is 15.7. The van der Waals surface area contributed by atoms with Gasteiger partial charge in [-0.2, -0.15) is 0 Å². The summed E-state index contributed by atoms with van der Waals surface area (Å²) in [6, 6.07) is 0. The number of quaternary nitrogens is 2. The first kappa shape index (κ1) is 27.2. The Morgan fingerprint density at radius 1 is 0.684 bits per heavy atom. The molecule has 4 N–H and O–H groups in total. The Bertz CT molecular complexity index is 160. The molecular formula is C13H36N2O4. The van der Waals surface area contributed by atoms with E-state index in [4.69, 9.17) is 10.2 Å². The van der Waals surface area contributed by atoms with Crippen LogP contribution < -0.4 is 0 Å². The van der Waals surface area contributed by atoms with Gasteiger partial charge in [-0.1, -0.05) is 0 Å². The van der Waals surface area contributed by atoms with Gasteiger partial charge >= 0.3 is 0 Å². The molecule has 0 unspecified atom stereocenters. The van der Waals surface area contributed by atoms with Crippen molar-refractivity contribution in [1.29, 1.82) is 0 Å². The van der Waals surface area contributed by atoms with Crippen molar-refractivity contribution in [2.24, 2.45) is 0 Å². The maximum absolute atomic E-state index is 8.78. The minimum absolute atomic E-state index is 0. The van der Waals surface area contributed by atoms with Crippen molar-refractivity contribution >= 4 is 0 Å². The van der Waals surface area contributed by atoms with E-state index >= 15 is 0 Å². The molecule has 0 saturated heterocycles. The minimum atomic E-state index is 0. The third-order valence-electron chi connectivity index (χ3n) is 3.36. The van der Waals surface area contributed by atoms with Gasteiger partial charge in [0, 0.05) is 0 Å². The summed E-state index contributed by atoms with van der Waals surface area (Å²) in [5, 5.41) is 17.2. The molecule has 0 aromatic heterocycles. The van der Waals surface area contributed by atoms with Crippen LogP contribution in [0.15, 0.2) is 0 Å². The first-order chi connectivity index (χ1) is 7.80. The highest BCUT2D eigenvalue weighted by Crippen LogP contribution is 2.03. The average molecular weight is 284 g/mol. The lowest BCUT2D eigenvalue weighted by atomic mass is 10.3. The molecule has 0 atom stereocenters. The number of aliphatic hydroxyl groups is 2. The standard InChI is InChI=1S/C8H20NO.C5H14NO.2H2O/c1-4-9(5-2,6-3)7-8-10;1-6(2,3)4-5-7;;/h10H,4-8H2,1-3H3;7H,4-5H2,1-3H3;2*1H2/q2*+1;;/p-2. The number of aliphatic hydroxyl groups excluding tert-OH is 2. The van der Waals surface area contributed by atoms with Gasteiger partial charge in [-0.3, -0.25) is 0 Å². The van der Waals surface area contributed by atoms with Crippen LogP contribution in [0.2, 0.25) is 0 Å². The lowest BCUT2D eigenvalue weighted by Gasteiger charge is -2.34. The maximum atomic E-state index is 8.78. The summed E-state index contributed by atoms with van der Waals surface area (Å²) in [7, 11) is 6.16. The molecule has 0 fully saturated rings. The molecule has 19 heavy (non-hydrogen) atoms. The molecule has 122 valence electrons. The Kier molecular flexibility index (Phi) is 20.3. The first-order valence-corrected chi connectivity index (χ1v) is 6.68. The van der Waals surface area contributed by atoms with Gasteiger partial charge in [-0.15, -0.1) is 0 Å². The van der Waals surface area contributed by atoms with Crippen LogP contribution in [0.5, 0.6) is 0 Å². The monoisotopic (exact) mass is 284 g/mol. The maximum Gasteiger partial charge on any atom is 0.102 e. The smallest absolute Gasteiger partial charge is 0.102 e. The van der Waals surface area contributed by atoms with E-state index in [0.717, 1.165) is 41.7 Å². The van der Waals surface area contributed by atoms with Gasteiger partial charge in [0.2, 0.25) is 0 Å². The van der Waals surface area contributed by atoms with Crippen LogP contribution in [-0.2, 0) is 0 Å². The van der Waals surface area contributed by atoms with Crippen molar-refractivity contribution in [3.8, 4) is 0 Å². The van der Waals surface area contributed by atoms with E-state index in [1.165, 1.54) is 0 Å². The number of likely N-dealkylation sites (N-methyl/N-ethyl adjacent to an activating group) is 2. The molecule has 6 heteroatoms. The van der Waals surface area contributed by atoms with Crippen LogP contribution in [0, 0.1) is 0 Å². The summed E-state index contributed by atoms with van der Waals surface area (Å²) in [5.41, 5.74) is 0. The summed E-state index contributed by atoms with van der Waals surface area (Å²) in [5.74, 6) is 0. The van der Waals surface area contributed by atoms with E-state index in [1.807, 2.05) is 0 Å². The molecule has 0 aromatic carbocycles. The number of nitrogens with zero attached hydrogens (tertiary/aromatic N) is 2. The molecule has 0 aliphatic heterocycles. The Hall–Kier alpha value is -0.240.